The fourth-order valence-electron chi connectivity index (χ4n) is 2.93. The normalized spacial score (nSPS) is 23.8. The third-order valence-corrected chi connectivity index (χ3v) is 4.26. The molecule has 0 bridgehead atoms. The third kappa shape index (κ3) is 2.65. The van der Waals surface area contributed by atoms with E-state index in [4.69, 9.17) is 9.47 Å². The molecule has 0 aliphatic carbocycles. The molecule has 7 nitrogen and oxygen atoms in total. The van der Waals surface area contributed by atoms with Gasteiger partial charge in [0.25, 0.3) is 5.69 Å². The van der Waals surface area contributed by atoms with Crippen molar-refractivity contribution in [2.75, 3.05) is 37.8 Å². The number of morpholine rings is 1. The Hall–Kier alpha value is -2.07. The molecule has 0 aromatic heterocycles. The summed E-state index contributed by atoms with van der Waals surface area (Å²) in [4.78, 5) is 12.4. The van der Waals surface area contributed by atoms with Gasteiger partial charge in [-0.2, -0.15) is 13.2 Å². The van der Waals surface area contributed by atoms with Crippen LogP contribution in [0.3, 0.4) is 0 Å². The van der Waals surface area contributed by atoms with Crippen molar-refractivity contribution in [3.05, 3.63) is 27.8 Å². The molecule has 2 heterocycles. The van der Waals surface area contributed by atoms with Crippen LogP contribution in [0.1, 0.15) is 5.56 Å². The highest BCUT2D eigenvalue weighted by molar-refractivity contribution is 5.69. The molecule has 10 heteroatoms. The quantitative estimate of drug-likeness (QED) is 0.661. The van der Waals surface area contributed by atoms with Crippen LogP contribution >= 0.6 is 0 Å². The van der Waals surface area contributed by atoms with Crippen molar-refractivity contribution in [2.45, 2.75) is 18.2 Å². The predicted octanol–water partition coefficient (Wildman–Crippen LogP) is 1.66. The van der Waals surface area contributed by atoms with Gasteiger partial charge in [0.1, 0.15) is 11.4 Å². The Morgan fingerprint density at radius 1 is 1.33 bits per heavy atom. The van der Waals surface area contributed by atoms with E-state index < -0.39 is 29.7 Å². The largest absolute Gasteiger partial charge is 0.475 e. The highest BCUT2D eigenvalue weighted by Gasteiger charge is 2.60. The molecular formula is C14H15F3N2O5. The molecule has 132 valence electrons. The van der Waals surface area contributed by atoms with E-state index in [2.05, 4.69) is 0 Å². The van der Waals surface area contributed by atoms with Crippen molar-refractivity contribution in [2.24, 2.45) is 0 Å². The Balaban J connectivity index is 2.03. The number of halogens is 3. The minimum atomic E-state index is -4.80. The van der Waals surface area contributed by atoms with E-state index >= 15 is 0 Å². The van der Waals surface area contributed by atoms with Gasteiger partial charge in [-0.3, -0.25) is 10.1 Å². The summed E-state index contributed by atoms with van der Waals surface area (Å²) in [6, 6.07) is 2.35. The zero-order chi connectivity index (χ0) is 17.5. The van der Waals surface area contributed by atoms with Gasteiger partial charge < -0.3 is 19.5 Å². The van der Waals surface area contributed by atoms with Gasteiger partial charge >= 0.3 is 6.18 Å². The molecule has 1 unspecified atom stereocenters. The summed E-state index contributed by atoms with van der Waals surface area (Å²) in [6.45, 7) is 0.274. The van der Waals surface area contributed by atoms with Gasteiger partial charge in [0.15, 0.2) is 0 Å². The summed E-state index contributed by atoms with van der Waals surface area (Å²) in [5.74, 6) is -0.0894. The van der Waals surface area contributed by atoms with Crippen LogP contribution in [0.5, 0.6) is 5.75 Å². The lowest BCUT2D eigenvalue weighted by Gasteiger charge is -2.29. The number of rotatable bonds is 3. The molecule has 0 saturated carbocycles. The van der Waals surface area contributed by atoms with E-state index in [1.807, 2.05) is 0 Å². The van der Waals surface area contributed by atoms with Gasteiger partial charge in [-0.1, -0.05) is 0 Å². The van der Waals surface area contributed by atoms with Gasteiger partial charge in [-0.05, 0) is 0 Å². The van der Waals surface area contributed by atoms with E-state index in [1.54, 1.807) is 4.90 Å². The number of aliphatic hydroxyl groups is 1. The van der Waals surface area contributed by atoms with Crippen molar-refractivity contribution in [1.82, 2.24) is 0 Å². The maximum atomic E-state index is 13.2. The molecular weight excluding hydrogens is 333 g/mol. The Morgan fingerprint density at radius 2 is 2.00 bits per heavy atom. The van der Waals surface area contributed by atoms with E-state index in [-0.39, 0.29) is 22.7 Å². The summed E-state index contributed by atoms with van der Waals surface area (Å²) in [5, 5.41) is 20.5. The molecule has 1 fully saturated rings. The molecule has 1 N–H and O–H groups in total. The molecule has 0 amide bonds. The maximum absolute atomic E-state index is 13.2. The van der Waals surface area contributed by atoms with Crippen molar-refractivity contribution in [3.63, 3.8) is 0 Å². The SMILES string of the molecule is O=[N+]([O-])c1cc2c(cc1N1CCOCC1)OC(CO)(C(F)(F)F)C2. The first-order valence-electron chi connectivity index (χ1n) is 7.28. The van der Waals surface area contributed by atoms with Gasteiger partial charge in [0, 0.05) is 37.2 Å². The zero-order valence-electron chi connectivity index (χ0n) is 12.5. The molecule has 1 aromatic carbocycles. The Bertz CT molecular complexity index is 661. The lowest BCUT2D eigenvalue weighted by molar-refractivity contribution is -0.384. The number of hydrogen-bond donors (Lipinski definition) is 1. The van der Waals surface area contributed by atoms with Crippen molar-refractivity contribution in [3.8, 4) is 5.75 Å². The van der Waals surface area contributed by atoms with E-state index in [0.29, 0.717) is 26.3 Å². The lowest BCUT2D eigenvalue weighted by atomic mass is 9.97. The zero-order valence-corrected chi connectivity index (χ0v) is 12.5. The standard InChI is InChI=1S/C14H15F3N2O5/c15-14(16,17)13(8-20)7-9-5-11(19(21)22)10(6-12(9)24-13)18-1-3-23-4-2-18/h5-6,20H,1-4,7-8H2. The smallest absolute Gasteiger partial charge is 0.430 e. The second kappa shape index (κ2) is 5.78. The summed E-state index contributed by atoms with van der Waals surface area (Å²) in [7, 11) is 0. The molecule has 1 saturated heterocycles. The summed E-state index contributed by atoms with van der Waals surface area (Å²) in [6.07, 6.45) is -5.46. The van der Waals surface area contributed by atoms with Crippen molar-refractivity contribution in [1.29, 1.82) is 0 Å². The average Bonchev–Trinajstić information content (AvgIpc) is 2.93. The fraction of sp³-hybridized carbons (Fsp3) is 0.571. The number of anilines is 1. The highest BCUT2D eigenvalue weighted by Crippen LogP contribution is 2.47. The Labute approximate surface area is 134 Å². The number of fused-ring (bicyclic) bond motifs is 1. The molecule has 3 rings (SSSR count). The van der Waals surface area contributed by atoms with Crippen LogP contribution in [0.15, 0.2) is 12.1 Å². The lowest BCUT2D eigenvalue weighted by Crippen LogP contribution is -2.52. The maximum Gasteiger partial charge on any atom is 0.430 e. The van der Waals surface area contributed by atoms with E-state index in [0.717, 1.165) is 6.07 Å². The van der Waals surface area contributed by atoms with Gasteiger partial charge in [0.05, 0.1) is 24.7 Å². The number of benzene rings is 1. The van der Waals surface area contributed by atoms with Crippen LogP contribution in [0.25, 0.3) is 0 Å². The minimum absolute atomic E-state index is 0.0603. The number of aliphatic hydroxyl groups excluding tert-OH is 1. The molecule has 1 aromatic rings. The van der Waals surface area contributed by atoms with Gasteiger partial charge in [-0.15, -0.1) is 0 Å². The summed E-state index contributed by atoms with van der Waals surface area (Å²) >= 11 is 0. The topological polar surface area (TPSA) is 85.1 Å². The molecule has 2 aliphatic heterocycles. The number of nitrogens with zero attached hydrogens (tertiary/aromatic N) is 2. The minimum Gasteiger partial charge on any atom is -0.475 e. The molecule has 1 atom stereocenters. The Morgan fingerprint density at radius 3 is 2.54 bits per heavy atom. The number of nitro groups is 1. The first kappa shape index (κ1) is 16.8. The summed E-state index contributed by atoms with van der Waals surface area (Å²) < 4.78 is 50.0. The van der Waals surface area contributed by atoms with Gasteiger partial charge in [0.2, 0.25) is 5.60 Å². The first-order chi connectivity index (χ1) is 11.3. The number of ether oxygens (including phenoxy) is 2. The number of hydrogen-bond acceptors (Lipinski definition) is 6. The van der Waals surface area contributed by atoms with Crippen molar-refractivity contribution >= 4 is 11.4 Å². The first-order valence-corrected chi connectivity index (χ1v) is 7.28. The van der Waals surface area contributed by atoms with Crippen LogP contribution in [-0.2, 0) is 11.2 Å². The predicted molar refractivity (Wildman–Crippen MR) is 76.3 cm³/mol. The van der Waals surface area contributed by atoms with Crippen LogP contribution in [0, 0.1) is 10.1 Å². The molecule has 2 aliphatic rings. The van der Waals surface area contributed by atoms with Crippen molar-refractivity contribution < 1.29 is 32.7 Å². The monoisotopic (exact) mass is 348 g/mol. The van der Waals surface area contributed by atoms with E-state index in [9.17, 15) is 28.4 Å². The second-order valence-electron chi connectivity index (χ2n) is 5.73. The van der Waals surface area contributed by atoms with Crippen LogP contribution < -0.4 is 9.64 Å². The Kier molecular flexibility index (Phi) is 4.04. The molecule has 0 spiro atoms. The number of nitro benzene ring substituents is 1. The van der Waals surface area contributed by atoms with Crippen LogP contribution in [0.4, 0.5) is 24.5 Å². The highest BCUT2D eigenvalue weighted by atomic mass is 19.4. The van der Waals surface area contributed by atoms with Crippen LogP contribution in [0.2, 0.25) is 0 Å². The fourth-order valence-corrected chi connectivity index (χ4v) is 2.93. The molecule has 24 heavy (non-hydrogen) atoms. The second-order valence-corrected chi connectivity index (χ2v) is 5.73. The molecule has 0 radical (unpaired) electrons. The number of alkyl halides is 3. The third-order valence-electron chi connectivity index (χ3n) is 4.26. The summed E-state index contributed by atoms with van der Waals surface area (Å²) in [5.41, 5.74) is -2.79. The average molecular weight is 348 g/mol. The van der Waals surface area contributed by atoms with Crippen LogP contribution in [-0.4, -0.2) is 54.7 Å². The van der Waals surface area contributed by atoms with E-state index in [1.165, 1.54) is 6.07 Å². The van der Waals surface area contributed by atoms with Gasteiger partial charge in [-0.25, -0.2) is 0 Å².